The van der Waals surface area contributed by atoms with Crippen LogP contribution in [0.5, 0.6) is 5.75 Å². The standard InChI is InChI=1S/C12H21N3O/c1-9(2)6-7-10(15-13)12-11(16-3)5-4-8-14-12/h4-5,8-10,15H,6-7,13H2,1-3H3. The Kier molecular flexibility index (Phi) is 5.22. The van der Waals surface area contributed by atoms with E-state index in [4.69, 9.17) is 10.6 Å². The van der Waals surface area contributed by atoms with E-state index in [0.717, 1.165) is 24.3 Å². The maximum absolute atomic E-state index is 5.57. The highest BCUT2D eigenvalue weighted by atomic mass is 16.5. The average molecular weight is 223 g/mol. The summed E-state index contributed by atoms with van der Waals surface area (Å²) in [6.07, 6.45) is 3.83. The molecule has 90 valence electrons. The molecule has 1 aromatic rings. The van der Waals surface area contributed by atoms with E-state index in [1.165, 1.54) is 0 Å². The molecule has 4 heteroatoms. The molecule has 1 unspecified atom stereocenters. The van der Waals surface area contributed by atoms with E-state index in [1.807, 2.05) is 12.1 Å². The Morgan fingerprint density at radius 2 is 2.19 bits per heavy atom. The van der Waals surface area contributed by atoms with Crippen molar-refractivity contribution in [3.8, 4) is 5.75 Å². The summed E-state index contributed by atoms with van der Waals surface area (Å²) >= 11 is 0. The Morgan fingerprint density at radius 1 is 1.44 bits per heavy atom. The predicted molar refractivity (Wildman–Crippen MR) is 64.9 cm³/mol. The Labute approximate surface area is 97.2 Å². The minimum Gasteiger partial charge on any atom is -0.495 e. The number of rotatable bonds is 6. The number of pyridine rings is 1. The molecule has 0 saturated heterocycles. The number of hydrazine groups is 1. The summed E-state index contributed by atoms with van der Waals surface area (Å²) in [6, 6.07) is 3.82. The number of hydrogen-bond acceptors (Lipinski definition) is 4. The second-order valence-electron chi connectivity index (χ2n) is 4.28. The summed E-state index contributed by atoms with van der Waals surface area (Å²) < 4.78 is 5.28. The zero-order chi connectivity index (χ0) is 12.0. The monoisotopic (exact) mass is 223 g/mol. The first-order valence-corrected chi connectivity index (χ1v) is 5.64. The predicted octanol–water partition coefficient (Wildman–Crippen LogP) is 2.03. The zero-order valence-electron chi connectivity index (χ0n) is 10.2. The van der Waals surface area contributed by atoms with Crippen molar-refractivity contribution in [3.05, 3.63) is 24.0 Å². The van der Waals surface area contributed by atoms with E-state index >= 15 is 0 Å². The van der Waals surface area contributed by atoms with E-state index in [9.17, 15) is 0 Å². The fourth-order valence-corrected chi connectivity index (χ4v) is 1.64. The van der Waals surface area contributed by atoms with Gasteiger partial charge in [0.15, 0.2) is 0 Å². The molecule has 1 atom stereocenters. The summed E-state index contributed by atoms with van der Waals surface area (Å²) in [5.74, 6) is 7.01. The highest BCUT2D eigenvalue weighted by molar-refractivity contribution is 5.29. The first-order valence-electron chi connectivity index (χ1n) is 5.64. The van der Waals surface area contributed by atoms with Crippen LogP contribution in [-0.2, 0) is 0 Å². The van der Waals surface area contributed by atoms with Crippen molar-refractivity contribution >= 4 is 0 Å². The zero-order valence-corrected chi connectivity index (χ0v) is 10.2. The first kappa shape index (κ1) is 12.9. The van der Waals surface area contributed by atoms with Gasteiger partial charge >= 0.3 is 0 Å². The molecule has 4 nitrogen and oxygen atoms in total. The summed E-state index contributed by atoms with van der Waals surface area (Å²) in [4.78, 5) is 4.33. The third-order valence-corrected chi connectivity index (χ3v) is 2.58. The Hall–Kier alpha value is -1.13. The van der Waals surface area contributed by atoms with Crippen LogP contribution in [0, 0.1) is 5.92 Å². The van der Waals surface area contributed by atoms with Crippen LogP contribution in [0.4, 0.5) is 0 Å². The lowest BCUT2D eigenvalue weighted by Crippen LogP contribution is -2.29. The lowest BCUT2D eigenvalue weighted by molar-refractivity contribution is 0.381. The Morgan fingerprint density at radius 3 is 2.75 bits per heavy atom. The van der Waals surface area contributed by atoms with Crippen molar-refractivity contribution in [2.24, 2.45) is 11.8 Å². The normalized spacial score (nSPS) is 12.8. The quantitative estimate of drug-likeness (QED) is 0.572. The van der Waals surface area contributed by atoms with Crippen molar-refractivity contribution in [3.63, 3.8) is 0 Å². The summed E-state index contributed by atoms with van der Waals surface area (Å²) in [7, 11) is 1.65. The van der Waals surface area contributed by atoms with Crippen LogP contribution >= 0.6 is 0 Å². The molecule has 1 aromatic heterocycles. The highest BCUT2D eigenvalue weighted by Crippen LogP contribution is 2.26. The van der Waals surface area contributed by atoms with Gasteiger partial charge in [0.25, 0.3) is 0 Å². The maximum Gasteiger partial charge on any atom is 0.142 e. The van der Waals surface area contributed by atoms with Gasteiger partial charge in [-0.1, -0.05) is 13.8 Å². The van der Waals surface area contributed by atoms with Gasteiger partial charge in [-0.15, -0.1) is 0 Å². The summed E-state index contributed by atoms with van der Waals surface area (Å²) in [6.45, 7) is 4.40. The van der Waals surface area contributed by atoms with E-state index < -0.39 is 0 Å². The second-order valence-corrected chi connectivity index (χ2v) is 4.28. The van der Waals surface area contributed by atoms with Gasteiger partial charge in [-0.25, -0.2) is 0 Å². The van der Waals surface area contributed by atoms with Crippen molar-refractivity contribution < 1.29 is 4.74 Å². The topological polar surface area (TPSA) is 60.2 Å². The molecule has 0 aromatic carbocycles. The molecule has 0 aliphatic rings. The minimum atomic E-state index is 0.0542. The fraction of sp³-hybridized carbons (Fsp3) is 0.583. The van der Waals surface area contributed by atoms with Gasteiger partial charge in [0, 0.05) is 6.20 Å². The smallest absolute Gasteiger partial charge is 0.142 e. The van der Waals surface area contributed by atoms with Gasteiger partial charge in [0.1, 0.15) is 11.4 Å². The number of hydrogen-bond donors (Lipinski definition) is 2. The molecule has 0 aliphatic heterocycles. The Bertz CT molecular complexity index is 315. The van der Waals surface area contributed by atoms with Gasteiger partial charge in [0.2, 0.25) is 0 Å². The molecule has 0 amide bonds. The van der Waals surface area contributed by atoms with Crippen LogP contribution in [-0.4, -0.2) is 12.1 Å². The fourth-order valence-electron chi connectivity index (χ4n) is 1.64. The molecule has 0 fully saturated rings. The van der Waals surface area contributed by atoms with Gasteiger partial charge in [0.05, 0.1) is 13.2 Å². The number of nitrogens with one attached hydrogen (secondary N) is 1. The van der Waals surface area contributed by atoms with E-state index in [-0.39, 0.29) is 6.04 Å². The number of nitrogens with zero attached hydrogens (tertiary/aromatic N) is 1. The molecule has 0 radical (unpaired) electrons. The maximum atomic E-state index is 5.57. The first-order chi connectivity index (χ1) is 7.69. The molecule has 16 heavy (non-hydrogen) atoms. The number of methoxy groups -OCH3 is 1. The summed E-state index contributed by atoms with van der Waals surface area (Å²) in [5, 5.41) is 0. The highest BCUT2D eigenvalue weighted by Gasteiger charge is 2.16. The molecule has 0 saturated carbocycles. The minimum absolute atomic E-state index is 0.0542. The molecule has 0 bridgehead atoms. The molecule has 1 rings (SSSR count). The van der Waals surface area contributed by atoms with Crippen LogP contribution in [0.1, 0.15) is 38.4 Å². The molecule has 1 heterocycles. The van der Waals surface area contributed by atoms with Crippen molar-refractivity contribution in [1.82, 2.24) is 10.4 Å². The van der Waals surface area contributed by atoms with Crippen molar-refractivity contribution in [2.45, 2.75) is 32.7 Å². The molecule has 0 aliphatic carbocycles. The number of ether oxygens (including phenoxy) is 1. The number of nitrogens with two attached hydrogens (primary N) is 1. The largest absolute Gasteiger partial charge is 0.495 e. The van der Waals surface area contributed by atoms with E-state index in [0.29, 0.717) is 5.92 Å². The second kappa shape index (κ2) is 6.45. The Balaban J connectivity index is 2.77. The van der Waals surface area contributed by atoms with Crippen LogP contribution in [0.25, 0.3) is 0 Å². The van der Waals surface area contributed by atoms with Gasteiger partial charge < -0.3 is 4.74 Å². The van der Waals surface area contributed by atoms with Gasteiger partial charge in [-0.2, -0.15) is 0 Å². The molecular formula is C12H21N3O. The molecular weight excluding hydrogens is 202 g/mol. The van der Waals surface area contributed by atoms with Gasteiger partial charge in [-0.3, -0.25) is 16.3 Å². The van der Waals surface area contributed by atoms with Gasteiger partial charge in [-0.05, 0) is 30.9 Å². The molecule has 0 spiro atoms. The third-order valence-electron chi connectivity index (χ3n) is 2.58. The van der Waals surface area contributed by atoms with Crippen LogP contribution < -0.4 is 16.0 Å². The van der Waals surface area contributed by atoms with Crippen LogP contribution in [0.3, 0.4) is 0 Å². The lowest BCUT2D eigenvalue weighted by atomic mass is 10.0. The van der Waals surface area contributed by atoms with Crippen LogP contribution in [0.15, 0.2) is 18.3 Å². The SMILES string of the molecule is COc1cccnc1C(CCC(C)C)NN. The lowest BCUT2D eigenvalue weighted by Gasteiger charge is -2.18. The van der Waals surface area contributed by atoms with Crippen LogP contribution in [0.2, 0.25) is 0 Å². The number of aromatic nitrogens is 1. The van der Waals surface area contributed by atoms with E-state index in [1.54, 1.807) is 13.3 Å². The summed E-state index contributed by atoms with van der Waals surface area (Å²) in [5.41, 5.74) is 3.69. The third kappa shape index (κ3) is 3.47. The average Bonchev–Trinajstić information content (AvgIpc) is 2.30. The van der Waals surface area contributed by atoms with Crippen molar-refractivity contribution in [1.29, 1.82) is 0 Å². The van der Waals surface area contributed by atoms with Crippen molar-refractivity contribution in [2.75, 3.05) is 7.11 Å². The van der Waals surface area contributed by atoms with E-state index in [2.05, 4.69) is 24.3 Å². The molecule has 3 N–H and O–H groups in total.